The van der Waals surface area contributed by atoms with E-state index in [0.29, 0.717) is 21.3 Å². The van der Waals surface area contributed by atoms with Gasteiger partial charge in [0.2, 0.25) is 5.91 Å². The fraction of sp³-hybridized carbons (Fsp3) is 0.200. The summed E-state index contributed by atoms with van der Waals surface area (Å²) < 4.78 is 15.8. The summed E-state index contributed by atoms with van der Waals surface area (Å²) in [7, 11) is 0. The van der Waals surface area contributed by atoms with Crippen LogP contribution >= 0.6 is 28.1 Å². The molecule has 0 bridgehead atoms. The summed E-state index contributed by atoms with van der Waals surface area (Å²) in [6.45, 7) is 0.381. The molecule has 1 aromatic heterocycles. The molecular formula is C10H9BrFN3OS. The normalized spacial score (nSPS) is 10.9. The Hall–Kier alpha value is -1.21. The molecule has 4 nitrogen and oxygen atoms in total. The van der Waals surface area contributed by atoms with Crippen molar-refractivity contribution in [3.63, 3.8) is 0 Å². The van der Waals surface area contributed by atoms with Gasteiger partial charge in [-0.15, -0.1) is 0 Å². The van der Waals surface area contributed by atoms with E-state index >= 15 is 0 Å². The second kappa shape index (κ2) is 4.58. The van der Waals surface area contributed by atoms with Gasteiger partial charge in [0.25, 0.3) is 0 Å². The molecular weight excluding hydrogens is 309 g/mol. The minimum absolute atomic E-state index is 0.191. The van der Waals surface area contributed by atoms with Gasteiger partial charge in [0.05, 0.1) is 15.5 Å². The Morgan fingerprint density at radius 1 is 1.59 bits per heavy atom. The molecule has 3 N–H and O–H groups in total. The first kappa shape index (κ1) is 12.3. The van der Waals surface area contributed by atoms with Crippen LogP contribution in [-0.2, 0) is 11.3 Å². The van der Waals surface area contributed by atoms with E-state index in [1.165, 1.54) is 6.07 Å². The second-order valence-corrected chi connectivity index (χ2v) is 4.82. The summed E-state index contributed by atoms with van der Waals surface area (Å²) >= 11 is 8.22. The van der Waals surface area contributed by atoms with Crippen LogP contribution in [0, 0.1) is 10.6 Å². The topological polar surface area (TPSA) is 63.8 Å². The second-order valence-electron chi connectivity index (χ2n) is 3.58. The molecule has 7 heteroatoms. The highest BCUT2D eigenvalue weighted by Gasteiger charge is 2.09. The standard InChI is InChI=1S/C10H9BrFN3OS/c11-5-3-8-7(4-6(5)12)14-10(17)15(8)2-1-9(13)16/h3-4H,1-2H2,(H2,13,16)(H,14,17). The fourth-order valence-electron chi connectivity index (χ4n) is 1.60. The summed E-state index contributed by atoms with van der Waals surface area (Å²) in [4.78, 5) is 13.6. The van der Waals surface area contributed by atoms with Crippen molar-refractivity contribution in [3.05, 3.63) is 27.2 Å². The number of aromatic nitrogens is 2. The van der Waals surface area contributed by atoms with Gasteiger partial charge in [0, 0.05) is 19.0 Å². The lowest BCUT2D eigenvalue weighted by molar-refractivity contribution is -0.118. The first-order chi connectivity index (χ1) is 7.99. The van der Waals surface area contributed by atoms with Crippen LogP contribution in [0.25, 0.3) is 11.0 Å². The number of hydrogen-bond acceptors (Lipinski definition) is 2. The highest BCUT2D eigenvalue weighted by molar-refractivity contribution is 9.10. The van der Waals surface area contributed by atoms with Crippen molar-refractivity contribution in [2.45, 2.75) is 13.0 Å². The van der Waals surface area contributed by atoms with Crippen LogP contribution in [0.1, 0.15) is 6.42 Å². The maximum Gasteiger partial charge on any atom is 0.219 e. The van der Waals surface area contributed by atoms with Gasteiger partial charge >= 0.3 is 0 Å². The summed E-state index contributed by atoms with van der Waals surface area (Å²) in [6.07, 6.45) is 0.191. The number of hydrogen-bond donors (Lipinski definition) is 2. The maximum atomic E-state index is 13.3. The molecule has 17 heavy (non-hydrogen) atoms. The third kappa shape index (κ3) is 2.39. The number of nitrogens with two attached hydrogens (primary N) is 1. The van der Waals surface area contributed by atoms with Crippen molar-refractivity contribution in [2.24, 2.45) is 5.73 Å². The van der Waals surface area contributed by atoms with E-state index in [1.807, 2.05) is 0 Å². The van der Waals surface area contributed by atoms with E-state index in [2.05, 4.69) is 20.9 Å². The maximum absolute atomic E-state index is 13.3. The van der Waals surface area contributed by atoms with E-state index in [-0.39, 0.29) is 12.2 Å². The summed E-state index contributed by atoms with van der Waals surface area (Å²) in [5.74, 6) is -0.766. The minimum Gasteiger partial charge on any atom is -0.370 e. The molecule has 0 aliphatic heterocycles. The zero-order chi connectivity index (χ0) is 12.6. The van der Waals surface area contributed by atoms with Gasteiger partial charge < -0.3 is 15.3 Å². The molecule has 0 aliphatic carbocycles. The number of fused-ring (bicyclic) bond motifs is 1. The van der Waals surface area contributed by atoms with E-state index in [9.17, 15) is 9.18 Å². The van der Waals surface area contributed by atoms with E-state index in [4.69, 9.17) is 18.0 Å². The van der Waals surface area contributed by atoms with Crippen LogP contribution in [0.2, 0.25) is 0 Å². The molecule has 0 aliphatic rings. The van der Waals surface area contributed by atoms with Crippen LogP contribution in [-0.4, -0.2) is 15.5 Å². The molecule has 0 radical (unpaired) electrons. The van der Waals surface area contributed by atoms with Crippen molar-refractivity contribution in [2.75, 3.05) is 0 Å². The third-order valence-electron chi connectivity index (χ3n) is 2.40. The first-order valence-electron chi connectivity index (χ1n) is 4.85. The Kier molecular flexibility index (Phi) is 3.30. The van der Waals surface area contributed by atoms with Gasteiger partial charge in [0.1, 0.15) is 5.82 Å². The average Bonchev–Trinajstić information content (AvgIpc) is 2.52. The number of aromatic amines is 1. The number of carbonyl (C=O) groups is 1. The van der Waals surface area contributed by atoms with E-state index < -0.39 is 5.91 Å². The smallest absolute Gasteiger partial charge is 0.219 e. The van der Waals surface area contributed by atoms with Crippen LogP contribution < -0.4 is 5.73 Å². The molecule has 0 saturated heterocycles. The zero-order valence-electron chi connectivity index (χ0n) is 8.67. The van der Waals surface area contributed by atoms with Gasteiger partial charge in [-0.2, -0.15) is 0 Å². The summed E-state index contributed by atoms with van der Waals surface area (Å²) in [6, 6.07) is 2.98. The number of carbonyl (C=O) groups excluding carboxylic acids is 1. The van der Waals surface area contributed by atoms with Crippen molar-refractivity contribution in [3.8, 4) is 0 Å². The SMILES string of the molecule is NC(=O)CCn1c(=S)[nH]c2cc(F)c(Br)cc21. The Morgan fingerprint density at radius 3 is 2.94 bits per heavy atom. The molecule has 1 aromatic carbocycles. The zero-order valence-corrected chi connectivity index (χ0v) is 11.1. The Morgan fingerprint density at radius 2 is 2.29 bits per heavy atom. The molecule has 1 amide bonds. The lowest BCUT2D eigenvalue weighted by Gasteiger charge is -2.03. The van der Waals surface area contributed by atoms with Gasteiger partial charge in [0.15, 0.2) is 4.77 Å². The number of amides is 1. The fourth-order valence-corrected chi connectivity index (χ4v) is 2.23. The first-order valence-corrected chi connectivity index (χ1v) is 6.05. The quantitative estimate of drug-likeness (QED) is 0.854. The number of benzene rings is 1. The molecule has 0 spiro atoms. The third-order valence-corrected chi connectivity index (χ3v) is 3.33. The summed E-state index contributed by atoms with van der Waals surface area (Å²) in [5.41, 5.74) is 6.43. The number of halogens is 2. The molecule has 0 saturated carbocycles. The average molecular weight is 318 g/mol. The molecule has 1 heterocycles. The number of imidazole rings is 1. The number of aryl methyl sites for hydroxylation is 1. The number of rotatable bonds is 3. The van der Waals surface area contributed by atoms with Crippen molar-refractivity contribution >= 4 is 45.1 Å². The number of primary amides is 1. The van der Waals surface area contributed by atoms with Gasteiger partial charge in [-0.25, -0.2) is 4.39 Å². The highest BCUT2D eigenvalue weighted by Crippen LogP contribution is 2.23. The van der Waals surface area contributed by atoms with Crippen molar-refractivity contribution in [1.82, 2.24) is 9.55 Å². The number of H-pyrrole nitrogens is 1. The van der Waals surface area contributed by atoms with E-state index in [0.717, 1.165) is 5.52 Å². The predicted octanol–water partition coefficient (Wildman–Crippen LogP) is 2.48. The number of nitrogens with zero attached hydrogens (tertiary/aromatic N) is 1. The molecule has 2 rings (SSSR count). The lowest BCUT2D eigenvalue weighted by Crippen LogP contribution is -2.13. The van der Waals surface area contributed by atoms with Crippen LogP contribution in [0.3, 0.4) is 0 Å². The van der Waals surface area contributed by atoms with E-state index in [1.54, 1.807) is 10.6 Å². The molecule has 2 aromatic rings. The molecule has 0 atom stereocenters. The van der Waals surface area contributed by atoms with Gasteiger partial charge in [-0.05, 0) is 34.2 Å². The molecule has 90 valence electrons. The molecule has 0 unspecified atom stereocenters. The number of nitrogens with one attached hydrogen (secondary N) is 1. The largest absolute Gasteiger partial charge is 0.370 e. The molecule has 0 fully saturated rings. The summed E-state index contributed by atoms with van der Waals surface area (Å²) in [5, 5.41) is 0. The van der Waals surface area contributed by atoms with Crippen LogP contribution in [0.15, 0.2) is 16.6 Å². The Balaban J connectivity index is 2.54. The Labute approximate surface area is 110 Å². The van der Waals surface area contributed by atoms with Crippen molar-refractivity contribution < 1.29 is 9.18 Å². The van der Waals surface area contributed by atoms with Crippen molar-refractivity contribution in [1.29, 1.82) is 0 Å². The van der Waals surface area contributed by atoms with Gasteiger partial charge in [-0.1, -0.05) is 0 Å². The van der Waals surface area contributed by atoms with Crippen LogP contribution in [0.5, 0.6) is 0 Å². The van der Waals surface area contributed by atoms with Gasteiger partial charge in [-0.3, -0.25) is 4.79 Å². The monoisotopic (exact) mass is 317 g/mol. The lowest BCUT2D eigenvalue weighted by atomic mass is 10.3. The minimum atomic E-state index is -0.401. The predicted molar refractivity (Wildman–Crippen MR) is 68.6 cm³/mol. The Bertz CT molecular complexity index is 649. The van der Waals surface area contributed by atoms with Crippen LogP contribution in [0.4, 0.5) is 4.39 Å². The highest BCUT2D eigenvalue weighted by atomic mass is 79.9.